The quantitative estimate of drug-likeness (QED) is 0.529. The zero-order chi connectivity index (χ0) is 23.3. The molecule has 0 radical (unpaired) electrons. The van der Waals surface area contributed by atoms with Crippen LogP contribution in [0, 0.1) is 6.92 Å². The SMILES string of the molecule is COc1ccc(OC)c([C@H](C)NC(=O)c2ccc(NS(=O)(=O)c3ccccc3)c(C)c2)c1. The molecular weight excluding hydrogens is 428 g/mol. The van der Waals surface area contributed by atoms with Gasteiger partial charge >= 0.3 is 0 Å². The molecule has 0 fully saturated rings. The summed E-state index contributed by atoms with van der Waals surface area (Å²) in [5.74, 6) is 1.01. The van der Waals surface area contributed by atoms with Gasteiger partial charge in [-0.3, -0.25) is 9.52 Å². The van der Waals surface area contributed by atoms with Crippen molar-refractivity contribution in [1.82, 2.24) is 5.32 Å². The van der Waals surface area contributed by atoms with Crippen molar-refractivity contribution in [3.05, 3.63) is 83.4 Å². The van der Waals surface area contributed by atoms with E-state index in [9.17, 15) is 13.2 Å². The number of carbonyl (C=O) groups excluding carboxylic acids is 1. The number of nitrogens with one attached hydrogen (secondary N) is 2. The molecule has 0 spiro atoms. The number of sulfonamides is 1. The first-order valence-electron chi connectivity index (χ1n) is 9.96. The van der Waals surface area contributed by atoms with Crippen LogP contribution < -0.4 is 19.5 Å². The number of methoxy groups -OCH3 is 2. The minimum absolute atomic E-state index is 0.169. The van der Waals surface area contributed by atoms with Crippen LogP contribution in [-0.4, -0.2) is 28.5 Å². The molecule has 0 heterocycles. The molecule has 0 saturated heterocycles. The highest BCUT2D eigenvalue weighted by Crippen LogP contribution is 2.29. The summed E-state index contributed by atoms with van der Waals surface area (Å²) in [6.45, 7) is 3.60. The van der Waals surface area contributed by atoms with Crippen molar-refractivity contribution in [2.24, 2.45) is 0 Å². The van der Waals surface area contributed by atoms with Crippen molar-refractivity contribution < 1.29 is 22.7 Å². The summed E-state index contributed by atoms with van der Waals surface area (Å²) in [6.07, 6.45) is 0. The average Bonchev–Trinajstić information content (AvgIpc) is 2.80. The Morgan fingerprint density at radius 1 is 0.938 bits per heavy atom. The van der Waals surface area contributed by atoms with Crippen molar-refractivity contribution in [2.45, 2.75) is 24.8 Å². The molecule has 168 valence electrons. The Morgan fingerprint density at radius 3 is 2.28 bits per heavy atom. The molecule has 1 atom stereocenters. The van der Waals surface area contributed by atoms with Gasteiger partial charge in [0.2, 0.25) is 0 Å². The Bertz CT molecular complexity index is 1210. The van der Waals surface area contributed by atoms with Crippen molar-refractivity contribution >= 4 is 21.6 Å². The fraction of sp³-hybridized carbons (Fsp3) is 0.208. The average molecular weight is 455 g/mol. The van der Waals surface area contributed by atoms with Crippen molar-refractivity contribution in [1.29, 1.82) is 0 Å². The summed E-state index contributed by atoms with van der Waals surface area (Å²) in [6, 6.07) is 18.0. The first kappa shape index (κ1) is 23.1. The number of aryl methyl sites for hydroxylation is 1. The maximum absolute atomic E-state index is 12.8. The standard InChI is InChI=1S/C24H26N2O5S/c1-16-14-18(10-12-22(16)26-32(28,29)20-8-6-5-7-9-20)24(27)25-17(2)21-15-19(30-3)11-13-23(21)31-4/h5-15,17,26H,1-4H3,(H,25,27)/t17-/m0/s1. The van der Waals surface area contributed by atoms with E-state index in [1.54, 1.807) is 69.7 Å². The van der Waals surface area contributed by atoms with Gasteiger partial charge in [0.1, 0.15) is 11.5 Å². The summed E-state index contributed by atoms with van der Waals surface area (Å²) in [7, 11) is -0.572. The molecule has 0 unspecified atom stereocenters. The van der Waals surface area contributed by atoms with Crippen LogP contribution in [0.5, 0.6) is 11.5 Å². The van der Waals surface area contributed by atoms with Crippen LogP contribution in [0.3, 0.4) is 0 Å². The monoisotopic (exact) mass is 454 g/mol. The lowest BCUT2D eigenvalue weighted by molar-refractivity contribution is 0.0939. The van der Waals surface area contributed by atoms with Crippen LogP contribution in [0.4, 0.5) is 5.69 Å². The summed E-state index contributed by atoms with van der Waals surface area (Å²) in [5.41, 5.74) is 2.24. The Morgan fingerprint density at radius 2 is 1.66 bits per heavy atom. The molecule has 7 nitrogen and oxygen atoms in total. The van der Waals surface area contributed by atoms with Crippen molar-refractivity contribution in [2.75, 3.05) is 18.9 Å². The Kier molecular flexibility index (Phi) is 7.05. The lowest BCUT2D eigenvalue weighted by Gasteiger charge is -2.19. The fourth-order valence-electron chi connectivity index (χ4n) is 3.26. The van der Waals surface area contributed by atoms with Gasteiger partial charge in [-0.15, -0.1) is 0 Å². The van der Waals surface area contributed by atoms with Gasteiger partial charge in [-0.1, -0.05) is 18.2 Å². The number of ether oxygens (including phenoxy) is 2. The van der Waals surface area contributed by atoms with Gasteiger partial charge in [0, 0.05) is 11.1 Å². The molecule has 32 heavy (non-hydrogen) atoms. The third-order valence-electron chi connectivity index (χ3n) is 5.04. The summed E-state index contributed by atoms with van der Waals surface area (Å²) in [5, 5.41) is 2.95. The van der Waals surface area contributed by atoms with Gasteiger partial charge in [-0.25, -0.2) is 8.42 Å². The first-order valence-corrected chi connectivity index (χ1v) is 11.4. The van der Waals surface area contributed by atoms with E-state index < -0.39 is 10.0 Å². The van der Waals surface area contributed by atoms with Gasteiger partial charge in [0.05, 0.1) is 30.8 Å². The second-order valence-electron chi connectivity index (χ2n) is 7.25. The van der Waals surface area contributed by atoms with E-state index in [0.717, 1.165) is 5.56 Å². The number of anilines is 1. The predicted octanol–water partition coefficient (Wildman–Crippen LogP) is 4.30. The van der Waals surface area contributed by atoms with Crippen LogP contribution >= 0.6 is 0 Å². The minimum Gasteiger partial charge on any atom is -0.497 e. The number of amides is 1. The Hall–Kier alpha value is -3.52. The highest BCUT2D eigenvalue weighted by molar-refractivity contribution is 7.92. The van der Waals surface area contributed by atoms with E-state index in [1.165, 1.54) is 12.1 Å². The van der Waals surface area contributed by atoms with Crippen molar-refractivity contribution in [3.8, 4) is 11.5 Å². The molecule has 3 rings (SSSR count). The van der Waals surface area contributed by atoms with Gasteiger partial charge in [-0.05, 0) is 67.9 Å². The van der Waals surface area contributed by atoms with Crippen LogP contribution in [0.2, 0.25) is 0 Å². The lowest BCUT2D eigenvalue weighted by Crippen LogP contribution is -2.27. The largest absolute Gasteiger partial charge is 0.497 e. The highest BCUT2D eigenvalue weighted by Gasteiger charge is 2.18. The summed E-state index contributed by atoms with van der Waals surface area (Å²) < 4.78 is 38.4. The molecule has 0 aromatic heterocycles. The lowest BCUT2D eigenvalue weighted by atomic mass is 10.0. The van der Waals surface area contributed by atoms with E-state index in [2.05, 4.69) is 10.0 Å². The maximum Gasteiger partial charge on any atom is 0.261 e. The number of carbonyl (C=O) groups is 1. The fourth-order valence-corrected chi connectivity index (χ4v) is 4.41. The van der Waals surface area contributed by atoms with E-state index in [4.69, 9.17) is 9.47 Å². The second kappa shape index (κ2) is 9.74. The molecule has 3 aromatic rings. The third-order valence-corrected chi connectivity index (χ3v) is 6.42. The molecule has 3 aromatic carbocycles. The molecule has 8 heteroatoms. The zero-order valence-corrected chi connectivity index (χ0v) is 19.2. The topological polar surface area (TPSA) is 93.7 Å². The van der Waals surface area contributed by atoms with E-state index in [0.29, 0.717) is 28.3 Å². The minimum atomic E-state index is -3.71. The maximum atomic E-state index is 12.8. The van der Waals surface area contributed by atoms with Gasteiger partial charge < -0.3 is 14.8 Å². The third kappa shape index (κ3) is 5.20. The number of rotatable bonds is 8. The highest BCUT2D eigenvalue weighted by atomic mass is 32.2. The zero-order valence-electron chi connectivity index (χ0n) is 18.4. The Labute approximate surface area is 188 Å². The Balaban J connectivity index is 1.77. The van der Waals surface area contributed by atoms with Crippen molar-refractivity contribution in [3.63, 3.8) is 0 Å². The second-order valence-corrected chi connectivity index (χ2v) is 8.93. The molecule has 2 N–H and O–H groups in total. The molecule has 1 amide bonds. The number of hydrogen-bond donors (Lipinski definition) is 2. The summed E-state index contributed by atoms with van der Waals surface area (Å²) >= 11 is 0. The first-order chi connectivity index (χ1) is 15.2. The summed E-state index contributed by atoms with van der Waals surface area (Å²) in [4.78, 5) is 13.0. The number of hydrogen-bond acceptors (Lipinski definition) is 5. The predicted molar refractivity (Wildman–Crippen MR) is 124 cm³/mol. The normalized spacial score (nSPS) is 12.0. The molecule has 0 aliphatic rings. The molecule has 0 saturated carbocycles. The van der Waals surface area contributed by atoms with E-state index >= 15 is 0 Å². The number of benzene rings is 3. The van der Waals surface area contributed by atoms with E-state index in [1.807, 2.05) is 13.0 Å². The molecule has 0 bridgehead atoms. The smallest absolute Gasteiger partial charge is 0.261 e. The van der Waals surface area contributed by atoms with E-state index in [-0.39, 0.29) is 16.8 Å². The van der Waals surface area contributed by atoms with Crippen LogP contribution in [-0.2, 0) is 10.0 Å². The van der Waals surface area contributed by atoms with Crippen LogP contribution in [0.15, 0.2) is 71.6 Å². The van der Waals surface area contributed by atoms with Crippen LogP contribution in [0.25, 0.3) is 0 Å². The molecule has 0 aliphatic heterocycles. The van der Waals surface area contributed by atoms with Crippen LogP contribution in [0.1, 0.15) is 34.5 Å². The van der Waals surface area contributed by atoms with Gasteiger partial charge in [-0.2, -0.15) is 0 Å². The molecule has 0 aliphatic carbocycles. The van der Waals surface area contributed by atoms with Gasteiger partial charge in [0.25, 0.3) is 15.9 Å². The van der Waals surface area contributed by atoms with Gasteiger partial charge in [0.15, 0.2) is 0 Å². The molecular formula is C24H26N2O5S.